The summed E-state index contributed by atoms with van der Waals surface area (Å²) in [6.45, 7) is 9.43. The van der Waals surface area contributed by atoms with Crippen molar-refractivity contribution in [2.45, 2.75) is 51.3 Å². The Morgan fingerprint density at radius 2 is 1.88 bits per heavy atom. The summed E-state index contributed by atoms with van der Waals surface area (Å²) in [5, 5.41) is 4.12. The van der Waals surface area contributed by atoms with E-state index in [1.807, 2.05) is 37.3 Å². The lowest BCUT2D eigenvalue weighted by Gasteiger charge is -2.42. The molecule has 0 amide bonds. The van der Waals surface area contributed by atoms with Crippen LogP contribution in [0.5, 0.6) is 0 Å². The zero-order chi connectivity index (χ0) is 18.9. The largest absolute Gasteiger partial charge is 0.367 e. The summed E-state index contributed by atoms with van der Waals surface area (Å²) < 4.78 is 35.8. The molecule has 1 saturated heterocycles. The molecule has 1 aliphatic rings. The Balaban J connectivity index is 1.94. The van der Waals surface area contributed by atoms with Gasteiger partial charge in [-0.2, -0.15) is 9.40 Å². The summed E-state index contributed by atoms with van der Waals surface area (Å²) in [7, 11) is -3.62. The second-order valence-electron chi connectivity index (χ2n) is 7.74. The van der Waals surface area contributed by atoms with E-state index >= 15 is 0 Å². The first-order chi connectivity index (χ1) is 12.2. The van der Waals surface area contributed by atoms with E-state index in [0.717, 1.165) is 5.56 Å². The van der Waals surface area contributed by atoms with E-state index in [1.54, 1.807) is 15.2 Å². The predicted octanol–water partition coefficient (Wildman–Crippen LogP) is 3.08. The highest BCUT2D eigenvalue weighted by molar-refractivity contribution is 7.89. The average molecular weight is 378 g/mol. The molecule has 1 aromatic carbocycles. The Hall–Kier alpha value is -1.70. The first-order valence-electron chi connectivity index (χ1n) is 8.95. The fraction of sp³-hybridized carbons (Fsp3) is 0.526. The summed E-state index contributed by atoms with van der Waals surface area (Å²) in [4.78, 5) is 0.237. The number of sulfonamides is 1. The highest BCUT2D eigenvalue weighted by Crippen LogP contribution is 2.35. The number of ether oxygens (including phenoxy) is 1. The van der Waals surface area contributed by atoms with Crippen LogP contribution in [0.25, 0.3) is 0 Å². The molecule has 0 bridgehead atoms. The van der Waals surface area contributed by atoms with Crippen molar-refractivity contribution >= 4 is 10.0 Å². The minimum absolute atomic E-state index is 0.172. The van der Waals surface area contributed by atoms with Crippen molar-refractivity contribution in [3.63, 3.8) is 0 Å². The Morgan fingerprint density at radius 3 is 2.46 bits per heavy atom. The van der Waals surface area contributed by atoms with Crippen LogP contribution in [0.2, 0.25) is 0 Å². The van der Waals surface area contributed by atoms with Crippen LogP contribution in [0.4, 0.5) is 0 Å². The van der Waals surface area contributed by atoms with Crippen molar-refractivity contribution in [1.82, 2.24) is 14.1 Å². The number of rotatable bonds is 4. The van der Waals surface area contributed by atoms with Crippen LogP contribution in [0.1, 0.15) is 39.4 Å². The zero-order valence-electron chi connectivity index (χ0n) is 15.8. The number of hydrogen-bond donors (Lipinski definition) is 0. The van der Waals surface area contributed by atoms with Gasteiger partial charge in [-0.3, -0.25) is 4.68 Å². The lowest BCUT2D eigenvalue weighted by atomic mass is 9.87. The van der Waals surface area contributed by atoms with Crippen LogP contribution in [0, 0.1) is 5.41 Å². The van der Waals surface area contributed by atoms with E-state index < -0.39 is 10.0 Å². The van der Waals surface area contributed by atoms with E-state index in [1.165, 1.54) is 6.20 Å². The molecule has 3 rings (SSSR count). The SMILES string of the molecule is CCn1cc(S(=O)(=O)N2C[C@@H](c3ccccc3)O[C@@H](C(C)(C)C)C2)cn1. The highest BCUT2D eigenvalue weighted by atomic mass is 32.2. The third kappa shape index (κ3) is 3.84. The molecule has 7 heteroatoms. The molecule has 0 saturated carbocycles. The molecule has 6 nitrogen and oxygen atoms in total. The number of benzene rings is 1. The van der Waals surface area contributed by atoms with Crippen molar-refractivity contribution < 1.29 is 13.2 Å². The minimum Gasteiger partial charge on any atom is -0.367 e. The highest BCUT2D eigenvalue weighted by Gasteiger charge is 2.40. The smallest absolute Gasteiger partial charge is 0.246 e. The van der Waals surface area contributed by atoms with E-state index in [2.05, 4.69) is 25.9 Å². The summed E-state index contributed by atoms with van der Waals surface area (Å²) >= 11 is 0. The maximum absolute atomic E-state index is 13.2. The molecule has 0 aliphatic carbocycles. The van der Waals surface area contributed by atoms with Gasteiger partial charge in [-0.1, -0.05) is 51.1 Å². The molecular weight excluding hydrogens is 350 g/mol. The quantitative estimate of drug-likeness (QED) is 0.821. The van der Waals surface area contributed by atoms with Crippen LogP contribution in [-0.2, 0) is 21.3 Å². The summed E-state index contributed by atoms with van der Waals surface area (Å²) in [5.74, 6) is 0. The van der Waals surface area contributed by atoms with Crippen molar-refractivity contribution in [2.75, 3.05) is 13.1 Å². The molecule has 0 radical (unpaired) electrons. The summed E-state index contributed by atoms with van der Waals surface area (Å²) in [5.41, 5.74) is 0.820. The minimum atomic E-state index is -3.62. The molecule has 1 fully saturated rings. The topological polar surface area (TPSA) is 64.4 Å². The number of aromatic nitrogens is 2. The van der Waals surface area contributed by atoms with E-state index in [9.17, 15) is 8.42 Å². The molecule has 1 aromatic heterocycles. The lowest BCUT2D eigenvalue weighted by molar-refractivity contribution is -0.110. The maximum Gasteiger partial charge on any atom is 0.246 e. The number of morpholine rings is 1. The molecule has 26 heavy (non-hydrogen) atoms. The van der Waals surface area contributed by atoms with Crippen molar-refractivity contribution in [3.05, 3.63) is 48.3 Å². The molecule has 2 heterocycles. The van der Waals surface area contributed by atoms with E-state index in [-0.39, 0.29) is 22.5 Å². The van der Waals surface area contributed by atoms with Crippen LogP contribution in [0.15, 0.2) is 47.6 Å². The number of nitrogens with zero attached hydrogens (tertiary/aromatic N) is 3. The predicted molar refractivity (Wildman–Crippen MR) is 100 cm³/mol. The first kappa shape index (κ1) is 19.1. The maximum atomic E-state index is 13.2. The molecule has 1 aliphatic heterocycles. The average Bonchev–Trinajstić information content (AvgIpc) is 3.11. The van der Waals surface area contributed by atoms with Crippen LogP contribution in [-0.4, -0.2) is 41.7 Å². The molecule has 2 atom stereocenters. The Kier molecular flexibility index (Phi) is 5.23. The van der Waals surface area contributed by atoms with Gasteiger partial charge in [0.2, 0.25) is 10.0 Å². The number of hydrogen-bond acceptors (Lipinski definition) is 4. The fourth-order valence-electron chi connectivity index (χ4n) is 3.05. The molecule has 0 spiro atoms. The van der Waals surface area contributed by atoms with Crippen LogP contribution >= 0.6 is 0 Å². The third-order valence-electron chi connectivity index (χ3n) is 4.78. The van der Waals surface area contributed by atoms with Gasteiger partial charge in [0.05, 0.1) is 18.4 Å². The Bertz CT molecular complexity index is 840. The molecule has 2 aromatic rings. The second-order valence-corrected chi connectivity index (χ2v) is 9.68. The number of aryl methyl sites for hydroxylation is 1. The normalized spacial score (nSPS) is 22.5. The van der Waals surface area contributed by atoms with Crippen LogP contribution in [0.3, 0.4) is 0 Å². The van der Waals surface area contributed by atoms with Gasteiger partial charge in [-0.05, 0) is 17.9 Å². The van der Waals surface area contributed by atoms with Gasteiger partial charge in [-0.25, -0.2) is 8.42 Å². The molecule has 0 N–H and O–H groups in total. The van der Waals surface area contributed by atoms with Crippen molar-refractivity contribution in [3.8, 4) is 0 Å². The van der Waals surface area contributed by atoms with Gasteiger partial charge in [0.15, 0.2) is 0 Å². The molecule has 0 unspecified atom stereocenters. The lowest BCUT2D eigenvalue weighted by Crippen LogP contribution is -2.51. The van der Waals surface area contributed by atoms with Gasteiger partial charge in [-0.15, -0.1) is 0 Å². The second kappa shape index (κ2) is 7.13. The van der Waals surface area contributed by atoms with Gasteiger partial charge in [0, 0.05) is 25.8 Å². The fourth-order valence-corrected chi connectivity index (χ4v) is 4.45. The third-order valence-corrected chi connectivity index (χ3v) is 6.56. The Labute approximate surface area is 155 Å². The van der Waals surface area contributed by atoms with Crippen molar-refractivity contribution in [1.29, 1.82) is 0 Å². The van der Waals surface area contributed by atoms with Gasteiger partial charge in [0.1, 0.15) is 4.90 Å². The summed E-state index contributed by atoms with van der Waals surface area (Å²) in [6.07, 6.45) is 2.54. The van der Waals surface area contributed by atoms with E-state index in [0.29, 0.717) is 19.6 Å². The van der Waals surface area contributed by atoms with Gasteiger partial charge >= 0.3 is 0 Å². The monoisotopic (exact) mass is 377 g/mol. The van der Waals surface area contributed by atoms with Crippen molar-refractivity contribution in [2.24, 2.45) is 5.41 Å². The van der Waals surface area contributed by atoms with Gasteiger partial charge in [0.25, 0.3) is 0 Å². The molecular formula is C19H27N3O3S. The van der Waals surface area contributed by atoms with E-state index in [4.69, 9.17) is 4.74 Å². The van der Waals surface area contributed by atoms with Crippen LogP contribution < -0.4 is 0 Å². The summed E-state index contributed by atoms with van der Waals surface area (Å²) in [6, 6.07) is 9.81. The van der Waals surface area contributed by atoms with Gasteiger partial charge < -0.3 is 4.74 Å². The first-order valence-corrected chi connectivity index (χ1v) is 10.4. The standard InChI is InChI=1S/C19H27N3O3S/c1-5-21-12-16(11-20-21)26(23,24)22-13-17(15-9-7-6-8-10-15)25-18(14-22)19(2,3)4/h6-12,17-18H,5,13-14H2,1-4H3/t17-,18+/m0/s1. The zero-order valence-corrected chi connectivity index (χ0v) is 16.6. The Morgan fingerprint density at radius 1 is 1.19 bits per heavy atom. The molecule has 142 valence electrons.